The molecule has 0 radical (unpaired) electrons. The van der Waals surface area contributed by atoms with E-state index in [-0.39, 0.29) is 17.9 Å². The summed E-state index contributed by atoms with van der Waals surface area (Å²) in [6.07, 6.45) is 0. The minimum Gasteiger partial charge on any atom is -0.496 e. The number of carboxylic acid groups (broad SMARTS) is 1. The second-order valence-electron chi connectivity index (χ2n) is 5.77. The Labute approximate surface area is 152 Å². The number of hydrogen-bond donors (Lipinski definition) is 1. The maximum absolute atomic E-state index is 13.7. The van der Waals surface area contributed by atoms with Gasteiger partial charge in [-0.15, -0.1) is 0 Å². The van der Waals surface area contributed by atoms with Crippen LogP contribution in [-0.2, 0) is 11.3 Å². The first-order valence-corrected chi connectivity index (χ1v) is 8.29. The molecule has 0 aliphatic carbocycles. The highest BCUT2D eigenvalue weighted by molar-refractivity contribution is 9.10. The Kier molecular flexibility index (Phi) is 4.51. The van der Waals surface area contributed by atoms with Crippen LogP contribution in [0, 0.1) is 12.7 Å². The van der Waals surface area contributed by atoms with Crippen LogP contribution in [0.15, 0.2) is 34.8 Å². The number of ether oxygens (including phenoxy) is 1. The molecule has 1 unspecified atom stereocenters. The van der Waals surface area contributed by atoms with Gasteiger partial charge in [0.05, 0.1) is 7.11 Å². The highest BCUT2D eigenvalue weighted by Crippen LogP contribution is 2.38. The van der Waals surface area contributed by atoms with Crippen molar-refractivity contribution in [1.29, 1.82) is 0 Å². The van der Waals surface area contributed by atoms with Crippen molar-refractivity contribution in [3.63, 3.8) is 0 Å². The van der Waals surface area contributed by atoms with Crippen LogP contribution in [0.25, 0.3) is 0 Å². The molecule has 0 saturated carbocycles. The van der Waals surface area contributed by atoms with Crippen LogP contribution < -0.4 is 4.74 Å². The molecule has 0 fully saturated rings. The molecule has 0 saturated heterocycles. The molecular weight excluding hydrogens is 393 g/mol. The number of rotatable bonds is 4. The monoisotopic (exact) mass is 407 g/mol. The zero-order valence-electron chi connectivity index (χ0n) is 13.5. The number of methoxy groups -OCH3 is 1. The van der Waals surface area contributed by atoms with Gasteiger partial charge in [0, 0.05) is 22.1 Å². The minimum absolute atomic E-state index is 0.105. The van der Waals surface area contributed by atoms with E-state index < -0.39 is 23.7 Å². The molecular formula is C18H15BrFNO4. The fourth-order valence-electron chi connectivity index (χ4n) is 3.13. The molecule has 1 amide bonds. The standard InChI is InChI=1S/C18H15BrFNO4/c1-9-13(19)5-3-10-8-21(17(22)15(9)10)16(18(23)24)12-7-11(20)4-6-14(12)25-2/h3-7,16H,8H2,1-2H3,(H,23,24). The molecule has 0 aromatic heterocycles. The molecule has 1 heterocycles. The average Bonchev–Trinajstić information content (AvgIpc) is 2.89. The fourth-order valence-corrected chi connectivity index (χ4v) is 3.46. The summed E-state index contributed by atoms with van der Waals surface area (Å²) in [6.45, 7) is 1.93. The molecule has 1 atom stereocenters. The fraction of sp³-hybridized carbons (Fsp3) is 0.222. The van der Waals surface area contributed by atoms with E-state index in [2.05, 4.69) is 15.9 Å². The quantitative estimate of drug-likeness (QED) is 0.838. The van der Waals surface area contributed by atoms with Gasteiger partial charge in [0.15, 0.2) is 6.04 Å². The first-order chi connectivity index (χ1) is 11.8. The molecule has 2 aromatic carbocycles. The average molecular weight is 408 g/mol. The van der Waals surface area contributed by atoms with E-state index in [1.54, 1.807) is 13.0 Å². The highest BCUT2D eigenvalue weighted by Gasteiger charge is 2.40. The molecule has 2 aromatic rings. The lowest BCUT2D eigenvalue weighted by atomic mass is 10.0. The lowest BCUT2D eigenvalue weighted by Gasteiger charge is -2.26. The number of benzene rings is 2. The number of carbonyl (C=O) groups excluding carboxylic acids is 1. The van der Waals surface area contributed by atoms with Crippen LogP contribution in [0.4, 0.5) is 4.39 Å². The van der Waals surface area contributed by atoms with E-state index in [0.29, 0.717) is 5.56 Å². The SMILES string of the molecule is COc1ccc(F)cc1C(C(=O)O)N1Cc2ccc(Br)c(C)c2C1=O. The second kappa shape index (κ2) is 6.48. The lowest BCUT2D eigenvalue weighted by Crippen LogP contribution is -2.34. The molecule has 1 aliphatic rings. The third kappa shape index (κ3) is 2.89. The molecule has 0 spiro atoms. The predicted molar refractivity (Wildman–Crippen MR) is 92.1 cm³/mol. The summed E-state index contributed by atoms with van der Waals surface area (Å²) >= 11 is 3.38. The molecule has 0 bridgehead atoms. The maximum Gasteiger partial charge on any atom is 0.331 e. The van der Waals surface area contributed by atoms with Crippen molar-refractivity contribution in [2.24, 2.45) is 0 Å². The lowest BCUT2D eigenvalue weighted by molar-refractivity contribution is -0.142. The van der Waals surface area contributed by atoms with Gasteiger partial charge in [0.1, 0.15) is 11.6 Å². The Bertz CT molecular complexity index is 884. The topological polar surface area (TPSA) is 66.8 Å². The summed E-state index contributed by atoms with van der Waals surface area (Å²) in [5, 5.41) is 9.74. The number of amides is 1. The van der Waals surface area contributed by atoms with Gasteiger partial charge in [-0.25, -0.2) is 9.18 Å². The van der Waals surface area contributed by atoms with Gasteiger partial charge in [-0.05, 0) is 42.3 Å². The number of carboxylic acids is 1. The number of nitrogens with zero attached hydrogens (tertiary/aromatic N) is 1. The van der Waals surface area contributed by atoms with Crippen molar-refractivity contribution in [3.05, 3.63) is 62.9 Å². The third-order valence-electron chi connectivity index (χ3n) is 4.33. The summed E-state index contributed by atoms with van der Waals surface area (Å²) in [7, 11) is 1.37. The van der Waals surface area contributed by atoms with Crippen LogP contribution in [0.5, 0.6) is 5.75 Å². The molecule has 1 N–H and O–H groups in total. The van der Waals surface area contributed by atoms with Crippen LogP contribution >= 0.6 is 15.9 Å². The van der Waals surface area contributed by atoms with Crippen LogP contribution in [-0.4, -0.2) is 29.0 Å². The van der Waals surface area contributed by atoms with E-state index in [1.165, 1.54) is 24.1 Å². The van der Waals surface area contributed by atoms with Gasteiger partial charge in [0.25, 0.3) is 5.91 Å². The van der Waals surface area contributed by atoms with E-state index in [0.717, 1.165) is 21.7 Å². The molecule has 1 aliphatic heterocycles. The number of carbonyl (C=O) groups is 2. The minimum atomic E-state index is -1.34. The van der Waals surface area contributed by atoms with Crippen molar-refractivity contribution >= 4 is 27.8 Å². The van der Waals surface area contributed by atoms with E-state index >= 15 is 0 Å². The van der Waals surface area contributed by atoms with E-state index in [9.17, 15) is 19.1 Å². The summed E-state index contributed by atoms with van der Waals surface area (Å²) in [4.78, 5) is 26.0. The molecule has 3 rings (SSSR count). The van der Waals surface area contributed by atoms with Gasteiger partial charge in [-0.2, -0.15) is 0 Å². The summed E-state index contributed by atoms with van der Waals surface area (Å²) in [5.74, 6) is -2.02. The summed E-state index contributed by atoms with van der Waals surface area (Å²) in [5.41, 5.74) is 2.08. The highest BCUT2D eigenvalue weighted by atomic mass is 79.9. The normalized spacial score (nSPS) is 14.4. The Morgan fingerprint density at radius 2 is 2.08 bits per heavy atom. The Hall–Kier alpha value is -2.41. The van der Waals surface area contributed by atoms with Crippen LogP contribution in [0.1, 0.15) is 33.1 Å². The van der Waals surface area contributed by atoms with Gasteiger partial charge < -0.3 is 14.7 Å². The Balaban J connectivity index is 2.10. The number of hydrogen-bond acceptors (Lipinski definition) is 3. The number of aliphatic carboxylic acids is 1. The van der Waals surface area contributed by atoms with E-state index in [4.69, 9.17) is 4.74 Å². The predicted octanol–water partition coefficient (Wildman–Crippen LogP) is 3.69. The van der Waals surface area contributed by atoms with Crippen LogP contribution in [0.2, 0.25) is 0 Å². The summed E-state index contributed by atoms with van der Waals surface area (Å²) < 4.78 is 19.7. The van der Waals surface area contributed by atoms with Gasteiger partial charge in [-0.1, -0.05) is 22.0 Å². The van der Waals surface area contributed by atoms with Crippen molar-refractivity contribution in [2.75, 3.05) is 7.11 Å². The molecule has 5 nitrogen and oxygen atoms in total. The largest absolute Gasteiger partial charge is 0.496 e. The Morgan fingerprint density at radius 1 is 1.36 bits per heavy atom. The van der Waals surface area contributed by atoms with Crippen molar-refractivity contribution < 1.29 is 23.8 Å². The smallest absolute Gasteiger partial charge is 0.331 e. The maximum atomic E-state index is 13.7. The van der Waals surface area contributed by atoms with Crippen molar-refractivity contribution in [1.82, 2.24) is 4.90 Å². The first-order valence-electron chi connectivity index (χ1n) is 7.50. The van der Waals surface area contributed by atoms with E-state index in [1.807, 2.05) is 6.07 Å². The molecule has 130 valence electrons. The first kappa shape index (κ1) is 17.4. The van der Waals surface area contributed by atoms with Crippen LogP contribution in [0.3, 0.4) is 0 Å². The molecule has 25 heavy (non-hydrogen) atoms. The third-order valence-corrected chi connectivity index (χ3v) is 5.19. The van der Waals surface area contributed by atoms with Gasteiger partial charge >= 0.3 is 5.97 Å². The van der Waals surface area contributed by atoms with Gasteiger partial charge in [0.2, 0.25) is 0 Å². The van der Waals surface area contributed by atoms with Gasteiger partial charge in [-0.3, -0.25) is 4.79 Å². The zero-order chi connectivity index (χ0) is 18.3. The van der Waals surface area contributed by atoms with Crippen molar-refractivity contribution in [2.45, 2.75) is 19.5 Å². The number of halogens is 2. The Morgan fingerprint density at radius 3 is 2.72 bits per heavy atom. The molecule has 7 heteroatoms. The zero-order valence-corrected chi connectivity index (χ0v) is 15.1. The second-order valence-corrected chi connectivity index (χ2v) is 6.62. The van der Waals surface area contributed by atoms with Crippen molar-refractivity contribution in [3.8, 4) is 5.75 Å². The summed E-state index contributed by atoms with van der Waals surface area (Å²) in [6, 6.07) is 5.90. The number of fused-ring (bicyclic) bond motifs is 1.